The lowest BCUT2D eigenvalue weighted by Gasteiger charge is -2.26. The Bertz CT molecular complexity index is 809. The van der Waals surface area contributed by atoms with Crippen LogP contribution in [0.4, 0.5) is 11.4 Å². The quantitative estimate of drug-likeness (QED) is 0.593. The zero-order chi connectivity index (χ0) is 16.4. The van der Waals surface area contributed by atoms with Gasteiger partial charge in [0.2, 0.25) is 0 Å². The second-order valence-corrected chi connectivity index (χ2v) is 5.96. The van der Waals surface area contributed by atoms with Crippen LogP contribution < -0.4 is 11.1 Å². The molecule has 1 aliphatic rings. The van der Waals surface area contributed by atoms with Crippen molar-refractivity contribution in [1.82, 2.24) is 4.98 Å². The molecule has 0 fully saturated rings. The number of halogens is 1. The van der Waals surface area contributed by atoms with E-state index >= 15 is 0 Å². The Kier molecular flexibility index (Phi) is 4.18. The summed E-state index contributed by atoms with van der Waals surface area (Å²) >= 11 is 5.77. The van der Waals surface area contributed by atoms with Gasteiger partial charge >= 0.3 is 0 Å². The normalized spacial score (nSPS) is 16.3. The van der Waals surface area contributed by atoms with Crippen molar-refractivity contribution >= 4 is 28.1 Å². The molecule has 0 saturated carbocycles. The third kappa shape index (κ3) is 3.13. The molecule has 0 radical (unpaired) electrons. The van der Waals surface area contributed by atoms with Gasteiger partial charge in [-0.25, -0.2) is 0 Å². The number of benzene rings is 1. The van der Waals surface area contributed by atoms with Crippen molar-refractivity contribution in [3.63, 3.8) is 0 Å². The molecule has 2 aromatic rings. The molecule has 1 heterocycles. The summed E-state index contributed by atoms with van der Waals surface area (Å²) in [6, 6.07) is 9.52. The lowest BCUT2D eigenvalue weighted by atomic mass is 9.91. The largest absolute Gasteiger partial charge is 0.398 e. The maximum atomic E-state index is 9.00. The minimum atomic E-state index is -0.0769. The standard InChI is InChI=1S/C17H16ClN5/c18-17(21)13-7-12(4-5-14(13)20)23-15-3-1-2-11-6-10(8-19)9-22-16(11)15/h4-7,9,15,21,23H,1-3,20H2. The topological polar surface area (TPSA) is 98.6 Å². The molecule has 1 atom stereocenters. The zero-order valence-corrected chi connectivity index (χ0v) is 13.2. The van der Waals surface area contributed by atoms with Crippen molar-refractivity contribution in [2.24, 2.45) is 0 Å². The van der Waals surface area contributed by atoms with Crippen LogP contribution in [0, 0.1) is 16.7 Å². The molecule has 0 saturated heterocycles. The number of nitrogen functional groups attached to an aromatic ring is 1. The van der Waals surface area contributed by atoms with E-state index in [0.717, 1.165) is 36.2 Å². The second kappa shape index (κ2) is 6.27. The summed E-state index contributed by atoms with van der Waals surface area (Å²) in [5.74, 6) is 0. The van der Waals surface area contributed by atoms with E-state index < -0.39 is 0 Å². The molecular formula is C17H16ClN5. The van der Waals surface area contributed by atoms with Crippen LogP contribution in [-0.4, -0.2) is 10.2 Å². The zero-order valence-electron chi connectivity index (χ0n) is 12.4. The summed E-state index contributed by atoms with van der Waals surface area (Å²) in [5, 5.41) is 19.9. The number of hydrogen-bond donors (Lipinski definition) is 3. The number of nitriles is 1. The number of rotatable bonds is 3. The highest BCUT2D eigenvalue weighted by molar-refractivity contribution is 6.69. The number of nitrogens with two attached hydrogens (primary N) is 1. The number of aryl methyl sites for hydroxylation is 1. The van der Waals surface area contributed by atoms with E-state index in [0.29, 0.717) is 16.8 Å². The lowest BCUT2D eigenvalue weighted by Crippen LogP contribution is -2.19. The van der Waals surface area contributed by atoms with Crippen molar-refractivity contribution in [3.05, 3.63) is 52.8 Å². The highest BCUT2D eigenvalue weighted by atomic mass is 35.5. The molecule has 1 aliphatic carbocycles. The number of pyridine rings is 1. The molecule has 23 heavy (non-hydrogen) atoms. The maximum Gasteiger partial charge on any atom is 0.130 e. The van der Waals surface area contributed by atoms with Crippen LogP contribution in [0.5, 0.6) is 0 Å². The van der Waals surface area contributed by atoms with Crippen LogP contribution in [0.3, 0.4) is 0 Å². The van der Waals surface area contributed by atoms with E-state index in [2.05, 4.69) is 16.4 Å². The Morgan fingerprint density at radius 2 is 2.26 bits per heavy atom. The van der Waals surface area contributed by atoms with Crippen LogP contribution in [-0.2, 0) is 6.42 Å². The second-order valence-electron chi connectivity index (χ2n) is 5.59. The van der Waals surface area contributed by atoms with Gasteiger partial charge in [-0.15, -0.1) is 0 Å². The fourth-order valence-corrected chi connectivity index (χ4v) is 3.07. The molecule has 4 N–H and O–H groups in total. The first kappa shape index (κ1) is 15.3. The van der Waals surface area contributed by atoms with E-state index in [1.165, 1.54) is 0 Å². The van der Waals surface area contributed by atoms with E-state index in [1.807, 2.05) is 12.1 Å². The Balaban J connectivity index is 1.89. The summed E-state index contributed by atoms with van der Waals surface area (Å²) < 4.78 is 0. The van der Waals surface area contributed by atoms with Gasteiger partial charge < -0.3 is 11.1 Å². The van der Waals surface area contributed by atoms with Gasteiger partial charge in [-0.1, -0.05) is 11.6 Å². The van der Waals surface area contributed by atoms with Gasteiger partial charge in [0, 0.05) is 23.1 Å². The molecule has 0 spiro atoms. The van der Waals surface area contributed by atoms with Gasteiger partial charge in [-0.3, -0.25) is 10.4 Å². The van der Waals surface area contributed by atoms with E-state index in [-0.39, 0.29) is 11.2 Å². The first-order valence-corrected chi connectivity index (χ1v) is 7.75. The average Bonchev–Trinajstić information content (AvgIpc) is 2.56. The van der Waals surface area contributed by atoms with Gasteiger partial charge in [0.15, 0.2) is 0 Å². The molecule has 5 nitrogen and oxygen atoms in total. The Hall–Kier alpha value is -2.58. The molecule has 0 aliphatic heterocycles. The number of fused-ring (bicyclic) bond motifs is 1. The van der Waals surface area contributed by atoms with Crippen LogP contribution >= 0.6 is 11.6 Å². The summed E-state index contributed by atoms with van der Waals surface area (Å²) in [6.45, 7) is 0. The van der Waals surface area contributed by atoms with Crippen molar-refractivity contribution in [3.8, 4) is 6.07 Å². The molecular weight excluding hydrogens is 310 g/mol. The third-order valence-corrected chi connectivity index (χ3v) is 4.23. The molecule has 1 unspecified atom stereocenters. The highest BCUT2D eigenvalue weighted by Crippen LogP contribution is 2.32. The predicted molar refractivity (Wildman–Crippen MR) is 91.8 cm³/mol. The molecule has 1 aromatic carbocycles. The average molecular weight is 326 g/mol. The first-order valence-electron chi connectivity index (χ1n) is 7.38. The summed E-state index contributed by atoms with van der Waals surface area (Å²) in [5.41, 5.74) is 10.4. The van der Waals surface area contributed by atoms with Gasteiger partial charge in [0.25, 0.3) is 0 Å². The number of nitrogens with one attached hydrogen (secondary N) is 2. The van der Waals surface area contributed by atoms with Gasteiger partial charge in [0.05, 0.1) is 17.3 Å². The fourth-order valence-electron chi connectivity index (χ4n) is 2.91. The predicted octanol–water partition coefficient (Wildman–Crippen LogP) is 3.59. The van der Waals surface area contributed by atoms with Crippen molar-refractivity contribution in [2.75, 3.05) is 11.1 Å². The number of aromatic nitrogens is 1. The monoisotopic (exact) mass is 325 g/mol. The Labute approximate surface area is 139 Å². The fraction of sp³-hybridized carbons (Fsp3) is 0.235. The Morgan fingerprint density at radius 1 is 1.43 bits per heavy atom. The number of hydrogen-bond acceptors (Lipinski definition) is 5. The molecule has 1 aromatic heterocycles. The minimum absolute atomic E-state index is 0.0764. The summed E-state index contributed by atoms with van der Waals surface area (Å²) in [7, 11) is 0. The molecule has 116 valence electrons. The lowest BCUT2D eigenvalue weighted by molar-refractivity contribution is 0.583. The maximum absolute atomic E-state index is 9.00. The highest BCUT2D eigenvalue weighted by Gasteiger charge is 2.22. The smallest absolute Gasteiger partial charge is 0.130 e. The van der Waals surface area contributed by atoms with Crippen molar-refractivity contribution in [2.45, 2.75) is 25.3 Å². The molecule has 6 heteroatoms. The third-order valence-electron chi connectivity index (χ3n) is 4.03. The van der Waals surface area contributed by atoms with E-state index in [1.54, 1.807) is 18.3 Å². The van der Waals surface area contributed by atoms with Crippen LogP contribution in [0.25, 0.3) is 0 Å². The first-order chi connectivity index (χ1) is 11.1. The van der Waals surface area contributed by atoms with Crippen molar-refractivity contribution in [1.29, 1.82) is 10.7 Å². The number of nitrogens with zero attached hydrogens (tertiary/aromatic N) is 2. The molecule has 3 rings (SSSR count). The minimum Gasteiger partial charge on any atom is -0.398 e. The SMILES string of the molecule is N#Cc1cnc2c(c1)CCCC2Nc1ccc(N)c(C(=N)Cl)c1. The van der Waals surface area contributed by atoms with Crippen molar-refractivity contribution < 1.29 is 0 Å². The summed E-state index contributed by atoms with van der Waals surface area (Å²) in [6.07, 6.45) is 4.55. The van der Waals surface area contributed by atoms with Crippen LogP contribution in [0.2, 0.25) is 0 Å². The number of anilines is 2. The van der Waals surface area contributed by atoms with Gasteiger partial charge in [-0.05, 0) is 49.1 Å². The summed E-state index contributed by atoms with van der Waals surface area (Å²) in [4.78, 5) is 4.46. The van der Waals surface area contributed by atoms with E-state index in [9.17, 15) is 0 Å². The van der Waals surface area contributed by atoms with Gasteiger partial charge in [0.1, 0.15) is 11.2 Å². The molecule has 0 amide bonds. The molecule has 0 bridgehead atoms. The van der Waals surface area contributed by atoms with Gasteiger partial charge in [-0.2, -0.15) is 5.26 Å². The van der Waals surface area contributed by atoms with Crippen LogP contribution in [0.15, 0.2) is 30.5 Å². The van der Waals surface area contributed by atoms with E-state index in [4.69, 9.17) is 28.0 Å². The van der Waals surface area contributed by atoms with Crippen LogP contribution in [0.1, 0.15) is 41.3 Å². The Morgan fingerprint density at radius 3 is 3.00 bits per heavy atom.